The lowest BCUT2D eigenvalue weighted by molar-refractivity contribution is 0.578. The summed E-state index contributed by atoms with van der Waals surface area (Å²) < 4.78 is 70.6. The van der Waals surface area contributed by atoms with Crippen LogP contribution in [-0.4, -0.2) is 48.5 Å². The first kappa shape index (κ1) is 20.8. The van der Waals surface area contributed by atoms with Gasteiger partial charge < -0.3 is 5.73 Å². The van der Waals surface area contributed by atoms with E-state index < -0.39 is 32.5 Å². The summed E-state index contributed by atoms with van der Waals surface area (Å²) in [5, 5.41) is 3.89. The van der Waals surface area contributed by atoms with Crippen LogP contribution in [0.4, 0.5) is 5.95 Å². The molecular weight excluding hydrogens is 498 g/mol. The fourth-order valence-corrected chi connectivity index (χ4v) is 6.60. The van der Waals surface area contributed by atoms with Crippen LogP contribution < -0.4 is 10.5 Å². The highest BCUT2D eigenvalue weighted by molar-refractivity contribution is 7.90. The fourth-order valence-electron chi connectivity index (χ4n) is 2.92. The maximum atomic E-state index is 13.1. The Kier molecular flexibility index (Phi) is 4.86. The van der Waals surface area contributed by atoms with E-state index in [4.69, 9.17) is 5.73 Å². The van der Waals surface area contributed by atoms with Gasteiger partial charge in [0.25, 0.3) is 10.0 Å². The molecule has 0 amide bonds. The fraction of sp³-hybridized carbons (Fsp3) is 0.0667. The third-order valence-corrected chi connectivity index (χ3v) is 8.49. The number of hydrogen-bond acceptors (Lipinski definition) is 13. The quantitative estimate of drug-likeness (QED) is 0.326. The van der Waals surface area contributed by atoms with Crippen LogP contribution in [0.2, 0.25) is 0 Å². The average molecular weight is 510 g/mol. The minimum atomic E-state index is -4.24. The molecule has 0 fully saturated rings. The summed E-state index contributed by atoms with van der Waals surface area (Å²) in [5.74, 6) is -0.563. The molecule has 32 heavy (non-hydrogen) atoms. The number of hydrogen-bond donors (Lipinski definition) is 2. The molecule has 17 heteroatoms. The smallest absolute Gasteiger partial charge is 0.288 e. The summed E-state index contributed by atoms with van der Waals surface area (Å²) in [6, 6.07) is 9.08. The van der Waals surface area contributed by atoms with E-state index in [9.17, 15) is 16.8 Å². The van der Waals surface area contributed by atoms with Crippen LogP contribution >= 0.6 is 23.5 Å². The number of anilines is 1. The number of nitrogen functional groups attached to an aromatic ring is 1. The van der Waals surface area contributed by atoms with E-state index in [1.165, 1.54) is 18.2 Å². The zero-order valence-electron chi connectivity index (χ0n) is 15.6. The predicted octanol–water partition coefficient (Wildman–Crippen LogP) is 0.585. The van der Waals surface area contributed by atoms with Crippen LogP contribution in [0.25, 0.3) is 22.1 Å². The number of benzene rings is 2. The van der Waals surface area contributed by atoms with Crippen LogP contribution in [0.15, 0.2) is 46.2 Å². The maximum Gasteiger partial charge on any atom is 0.288 e. The highest BCUT2D eigenvalue weighted by Crippen LogP contribution is 2.24. The van der Waals surface area contributed by atoms with Gasteiger partial charge in [-0.1, -0.05) is 12.1 Å². The minimum Gasteiger partial charge on any atom is -0.367 e. The number of nitrogens with zero attached hydrogens (tertiary/aromatic N) is 7. The van der Waals surface area contributed by atoms with Gasteiger partial charge in [0.2, 0.25) is 16.0 Å². The average Bonchev–Trinajstić information content (AvgIpc) is 3.50. The zero-order valence-corrected chi connectivity index (χ0v) is 18.9. The number of fused-ring (bicyclic) bond motifs is 2. The maximum absolute atomic E-state index is 13.1. The van der Waals surface area contributed by atoms with Gasteiger partial charge in [0.15, 0.2) is 5.82 Å². The molecule has 5 aromatic rings. The Balaban J connectivity index is 1.45. The lowest BCUT2D eigenvalue weighted by atomic mass is 10.3. The zero-order chi connectivity index (χ0) is 22.5. The molecule has 0 aliphatic rings. The molecule has 0 radical (unpaired) electrons. The molecule has 2 aromatic carbocycles. The Morgan fingerprint density at radius 3 is 2.12 bits per heavy atom. The molecule has 3 aromatic heterocycles. The van der Waals surface area contributed by atoms with E-state index in [2.05, 4.69) is 32.3 Å². The van der Waals surface area contributed by atoms with Gasteiger partial charge in [0.05, 0.1) is 30.0 Å². The number of rotatable bonds is 6. The van der Waals surface area contributed by atoms with Gasteiger partial charge in [-0.3, -0.25) is 0 Å². The van der Waals surface area contributed by atoms with E-state index in [1.54, 1.807) is 18.2 Å². The lowest BCUT2D eigenvalue weighted by Gasteiger charge is -2.06. The third kappa shape index (κ3) is 3.39. The first-order valence-electron chi connectivity index (χ1n) is 8.66. The van der Waals surface area contributed by atoms with E-state index in [-0.39, 0.29) is 26.6 Å². The van der Waals surface area contributed by atoms with Crippen molar-refractivity contribution in [3.8, 4) is 0 Å². The molecule has 0 atom stereocenters. The monoisotopic (exact) mass is 509 g/mol. The number of nitrogens with one attached hydrogen (secondary N) is 1. The van der Waals surface area contributed by atoms with Gasteiger partial charge in [-0.25, -0.2) is 13.1 Å². The largest absolute Gasteiger partial charge is 0.367 e. The molecule has 3 heterocycles. The second-order valence-corrected chi connectivity index (χ2v) is 10.9. The van der Waals surface area contributed by atoms with Crippen molar-refractivity contribution >= 4 is 71.5 Å². The number of nitrogens with two attached hydrogens (primary N) is 1. The Hall–Kier alpha value is -3.12. The highest BCUT2D eigenvalue weighted by Gasteiger charge is 2.27. The molecule has 0 aliphatic heterocycles. The van der Waals surface area contributed by atoms with Crippen molar-refractivity contribution in [2.45, 2.75) is 16.3 Å². The van der Waals surface area contributed by atoms with Gasteiger partial charge in [-0.05, 0) is 24.3 Å². The summed E-state index contributed by atoms with van der Waals surface area (Å²) in [6.07, 6.45) is 0. The second kappa shape index (κ2) is 7.48. The van der Waals surface area contributed by atoms with Gasteiger partial charge in [-0.2, -0.15) is 30.9 Å². The first-order valence-corrected chi connectivity index (χ1v) is 13.0. The molecule has 5 rings (SSSR count). The topological polar surface area (TPSA) is 189 Å². The molecule has 3 N–H and O–H groups in total. The first-order chi connectivity index (χ1) is 15.3. The Morgan fingerprint density at radius 2 is 1.47 bits per heavy atom. The van der Waals surface area contributed by atoms with Crippen molar-refractivity contribution in [3.63, 3.8) is 0 Å². The van der Waals surface area contributed by atoms with E-state index in [1.807, 2.05) is 0 Å². The summed E-state index contributed by atoms with van der Waals surface area (Å²) in [5.41, 5.74) is 7.05. The van der Waals surface area contributed by atoms with Crippen LogP contribution in [0.3, 0.4) is 0 Å². The normalized spacial score (nSPS) is 12.6. The molecule has 0 unspecified atom stereocenters. The van der Waals surface area contributed by atoms with E-state index in [0.717, 1.165) is 23.5 Å². The van der Waals surface area contributed by atoms with Gasteiger partial charge >= 0.3 is 0 Å². The number of sulfonamides is 1. The molecule has 0 bridgehead atoms. The Morgan fingerprint density at radius 1 is 0.875 bits per heavy atom. The van der Waals surface area contributed by atoms with Crippen LogP contribution in [0.5, 0.6) is 0 Å². The van der Waals surface area contributed by atoms with E-state index in [0.29, 0.717) is 15.1 Å². The molecule has 0 saturated heterocycles. The molecule has 0 spiro atoms. The summed E-state index contributed by atoms with van der Waals surface area (Å²) in [6.45, 7) is -0.397. The molecule has 164 valence electrons. The van der Waals surface area contributed by atoms with Crippen LogP contribution in [-0.2, 0) is 26.6 Å². The van der Waals surface area contributed by atoms with Crippen molar-refractivity contribution < 1.29 is 16.8 Å². The summed E-state index contributed by atoms with van der Waals surface area (Å²) in [7, 11) is -8.25. The molecule has 13 nitrogen and oxygen atoms in total. The SMILES string of the molecule is Nc1nc(CNS(=O)(=O)c2cccc3nsnc23)nn1S(=O)(=O)c1cccc2nsnc12. The summed E-state index contributed by atoms with van der Waals surface area (Å²) >= 11 is 1.76. The minimum absolute atomic E-state index is 0.0634. The van der Waals surface area contributed by atoms with Crippen molar-refractivity contribution in [2.24, 2.45) is 0 Å². The van der Waals surface area contributed by atoms with Crippen molar-refractivity contribution in [3.05, 3.63) is 42.2 Å². The van der Waals surface area contributed by atoms with E-state index >= 15 is 0 Å². The van der Waals surface area contributed by atoms with Crippen molar-refractivity contribution in [1.82, 2.24) is 36.4 Å². The van der Waals surface area contributed by atoms with Gasteiger partial charge in [-0.15, -0.1) is 9.19 Å². The number of aromatic nitrogens is 7. The predicted molar refractivity (Wildman–Crippen MR) is 116 cm³/mol. The third-order valence-electron chi connectivity index (χ3n) is 4.36. The molecular formula is C15H11N9O4S4. The highest BCUT2D eigenvalue weighted by atomic mass is 32.2. The van der Waals surface area contributed by atoms with Gasteiger partial charge in [0, 0.05) is 0 Å². The summed E-state index contributed by atoms with van der Waals surface area (Å²) in [4.78, 5) is 3.68. The lowest BCUT2D eigenvalue weighted by Crippen LogP contribution is -2.24. The molecule has 0 aliphatic carbocycles. The van der Waals surface area contributed by atoms with Crippen molar-refractivity contribution in [2.75, 3.05) is 5.73 Å². The van der Waals surface area contributed by atoms with Crippen LogP contribution in [0.1, 0.15) is 5.82 Å². The van der Waals surface area contributed by atoms with Gasteiger partial charge in [0.1, 0.15) is 31.9 Å². The second-order valence-electron chi connectivity index (χ2n) is 6.33. The Bertz CT molecular complexity index is 1690. The standard InChI is InChI=1S/C15H11N9O4S4/c16-15-18-12(7-17-31(25,26)10-5-1-3-8-13(10)22-29-20-8)19-24(15)32(27,28)11-6-2-4-9-14(11)23-30-21-9/h1-6,17H,7H2,(H2,16,18,19). The van der Waals surface area contributed by atoms with Crippen molar-refractivity contribution in [1.29, 1.82) is 0 Å². The van der Waals surface area contributed by atoms with Crippen LogP contribution in [0, 0.1) is 0 Å². The molecule has 0 saturated carbocycles. The Labute approximate surface area is 188 Å².